The Balaban J connectivity index is 1.54. The van der Waals surface area contributed by atoms with Gasteiger partial charge in [-0.15, -0.1) is 11.3 Å². The predicted octanol–water partition coefficient (Wildman–Crippen LogP) is 7.97. The van der Waals surface area contributed by atoms with Crippen LogP contribution in [-0.4, -0.2) is 4.98 Å². The molecule has 29 heavy (non-hydrogen) atoms. The zero-order valence-electron chi connectivity index (χ0n) is 17.3. The SMILES string of the molecule is Cc1nc2cc([C@@H](C)Cc3cccc4c3oc3ccc(C(C)C)cc34)ccc2s1. The van der Waals surface area contributed by atoms with Crippen LogP contribution >= 0.6 is 11.3 Å². The van der Waals surface area contributed by atoms with Crippen LogP contribution in [0.2, 0.25) is 0 Å². The van der Waals surface area contributed by atoms with E-state index in [9.17, 15) is 0 Å². The van der Waals surface area contributed by atoms with Crippen molar-refractivity contribution in [2.75, 3.05) is 0 Å². The molecule has 2 aromatic heterocycles. The van der Waals surface area contributed by atoms with E-state index in [1.54, 1.807) is 11.3 Å². The van der Waals surface area contributed by atoms with Gasteiger partial charge in [0.15, 0.2) is 0 Å². The van der Waals surface area contributed by atoms with Crippen LogP contribution in [0.25, 0.3) is 32.2 Å². The van der Waals surface area contributed by atoms with Gasteiger partial charge in [-0.05, 0) is 66.1 Å². The third-order valence-electron chi connectivity index (χ3n) is 5.88. The van der Waals surface area contributed by atoms with Crippen molar-refractivity contribution in [1.82, 2.24) is 4.98 Å². The number of furan rings is 1. The van der Waals surface area contributed by atoms with E-state index in [-0.39, 0.29) is 0 Å². The fourth-order valence-electron chi connectivity index (χ4n) is 4.21. The molecular formula is C26H25NOS. The molecule has 0 fully saturated rings. The number of aromatic nitrogens is 1. The van der Waals surface area contributed by atoms with Crippen LogP contribution in [0.15, 0.2) is 59.0 Å². The quantitative estimate of drug-likeness (QED) is 0.306. The molecule has 0 aliphatic carbocycles. The van der Waals surface area contributed by atoms with Crippen LogP contribution in [-0.2, 0) is 6.42 Å². The zero-order chi connectivity index (χ0) is 20.1. The lowest BCUT2D eigenvalue weighted by atomic mass is 9.92. The highest BCUT2D eigenvalue weighted by Gasteiger charge is 2.15. The van der Waals surface area contributed by atoms with Crippen LogP contribution < -0.4 is 0 Å². The first kappa shape index (κ1) is 18.4. The number of fused-ring (bicyclic) bond motifs is 4. The van der Waals surface area contributed by atoms with Crippen molar-refractivity contribution in [3.63, 3.8) is 0 Å². The van der Waals surface area contributed by atoms with Crippen molar-refractivity contribution in [2.45, 2.75) is 46.0 Å². The fraction of sp³-hybridized carbons (Fsp3) is 0.269. The number of nitrogens with zero attached hydrogens (tertiary/aromatic N) is 1. The Morgan fingerprint density at radius 2 is 1.76 bits per heavy atom. The van der Waals surface area contributed by atoms with Crippen molar-refractivity contribution >= 4 is 43.5 Å². The lowest BCUT2D eigenvalue weighted by molar-refractivity contribution is 0.654. The van der Waals surface area contributed by atoms with Crippen molar-refractivity contribution in [3.8, 4) is 0 Å². The maximum absolute atomic E-state index is 6.32. The van der Waals surface area contributed by atoms with E-state index in [4.69, 9.17) is 4.42 Å². The van der Waals surface area contributed by atoms with Crippen molar-refractivity contribution < 1.29 is 4.42 Å². The summed E-state index contributed by atoms with van der Waals surface area (Å²) in [6, 6.07) is 19.8. The summed E-state index contributed by atoms with van der Waals surface area (Å²) in [4.78, 5) is 4.66. The van der Waals surface area contributed by atoms with Gasteiger partial charge in [0.05, 0.1) is 15.2 Å². The summed E-state index contributed by atoms with van der Waals surface area (Å²) in [6.45, 7) is 8.83. The van der Waals surface area contributed by atoms with Gasteiger partial charge in [0.1, 0.15) is 11.2 Å². The Kier molecular flexibility index (Phi) is 4.44. The Morgan fingerprint density at radius 1 is 0.931 bits per heavy atom. The second-order valence-corrected chi connectivity index (χ2v) is 9.61. The molecule has 0 aliphatic heterocycles. The topological polar surface area (TPSA) is 26.0 Å². The van der Waals surface area contributed by atoms with E-state index >= 15 is 0 Å². The van der Waals surface area contributed by atoms with Crippen molar-refractivity contribution in [3.05, 3.63) is 76.3 Å². The summed E-state index contributed by atoms with van der Waals surface area (Å²) in [5.74, 6) is 0.906. The number of hydrogen-bond donors (Lipinski definition) is 0. The van der Waals surface area contributed by atoms with Crippen LogP contribution in [0.3, 0.4) is 0 Å². The van der Waals surface area contributed by atoms with E-state index in [0.29, 0.717) is 11.8 Å². The molecule has 2 nitrogen and oxygen atoms in total. The largest absolute Gasteiger partial charge is 0.456 e. The molecule has 3 aromatic carbocycles. The Morgan fingerprint density at radius 3 is 2.59 bits per heavy atom. The first-order valence-electron chi connectivity index (χ1n) is 10.3. The number of thiazole rings is 1. The van der Waals surface area contributed by atoms with Crippen LogP contribution in [0.1, 0.15) is 54.3 Å². The van der Waals surface area contributed by atoms with E-state index in [1.165, 1.54) is 32.2 Å². The molecule has 1 atom stereocenters. The van der Waals surface area contributed by atoms with Gasteiger partial charge in [0, 0.05) is 10.8 Å². The Labute approximate surface area is 175 Å². The van der Waals surface area contributed by atoms with E-state index in [2.05, 4.69) is 87.3 Å². The minimum atomic E-state index is 0.395. The standard InChI is InChI=1S/C26H25NOS/c1-15(2)18-8-10-24-22(13-18)21-7-5-6-20(26(21)28-24)12-16(3)19-9-11-25-23(14-19)27-17(4)29-25/h5-11,13-16H,12H2,1-4H3/t16-/m0/s1. The van der Waals surface area contributed by atoms with Crippen LogP contribution in [0.4, 0.5) is 0 Å². The minimum absolute atomic E-state index is 0.395. The predicted molar refractivity (Wildman–Crippen MR) is 124 cm³/mol. The normalized spacial score (nSPS) is 13.1. The molecule has 146 valence electrons. The molecule has 0 aliphatic rings. The summed E-state index contributed by atoms with van der Waals surface area (Å²) in [5, 5.41) is 3.57. The second-order valence-electron chi connectivity index (χ2n) is 8.37. The van der Waals surface area contributed by atoms with Gasteiger partial charge in [-0.3, -0.25) is 0 Å². The average Bonchev–Trinajstić information content (AvgIpc) is 3.26. The molecule has 0 radical (unpaired) electrons. The van der Waals surface area contributed by atoms with Crippen molar-refractivity contribution in [1.29, 1.82) is 0 Å². The maximum atomic E-state index is 6.32. The Hall–Kier alpha value is -2.65. The highest BCUT2D eigenvalue weighted by molar-refractivity contribution is 7.18. The van der Waals surface area contributed by atoms with Crippen LogP contribution in [0.5, 0.6) is 0 Å². The summed E-state index contributed by atoms with van der Waals surface area (Å²) >= 11 is 1.76. The van der Waals surface area contributed by atoms with Gasteiger partial charge < -0.3 is 4.42 Å². The molecule has 0 spiro atoms. The molecule has 0 unspecified atom stereocenters. The number of rotatable bonds is 4. The molecule has 5 aromatic rings. The van der Waals surface area contributed by atoms with E-state index < -0.39 is 0 Å². The van der Waals surface area contributed by atoms with Crippen LogP contribution in [0, 0.1) is 6.92 Å². The summed E-state index contributed by atoms with van der Waals surface area (Å²) < 4.78 is 7.58. The first-order valence-corrected chi connectivity index (χ1v) is 11.1. The summed E-state index contributed by atoms with van der Waals surface area (Å²) in [7, 11) is 0. The number of benzene rings is 3. The van der Waals surface area contributed by atoms with Gasteiger partial charge >= 0.3 is 0 Å². The number of para-hydroxylation sites is 1. The maximum Gasteiger partial charge on any atom is 0.138 e. The fourth-order valence-corrected chi connectivity index (χ4v) is 5.02. The smallest absolute Gasteiger partial charge is 0.138 e. The van der Waals surface area contributed by atoms with Crippen molar-refractivity contribution in [2.24, 2.45) is 0 Å². The van der Waals surface area contributed by atoms with Gasteiger partial charge in [-0.2, -0.15) is 0 Å². The lowest BCUT2D eigenvalue weighted by Gasteiger charge is -2.12. The molecular weight excluding hydrogens is 374 g/mol. The monoisotopic (exact) mass is 399 g/mol. The minimum Gasteiger partial charge on any atom is -0.456 e. The van der Waals surface area contributed by atoms with E-state index in [1.807, 2.05) is 0 Å². The van der Waals surface area contributed by atoms with Gasteiger partial charge in [0.2, 0.25) is 0 Å². The molecule has 0 saturated carbocycles. The first-order chi connectivity index (χ1) is 14.0. The third-order valence-corrected chi connectivity index (χ3v) is 6.83. The molecule has 2 heterocycles. The molecule has 0 N–H and O–H groups in total. The molecule has 0 saturated heterocycles. The van der Waals surface area contributed by atoms with E-state index in [0.717, 1.165) is 28.1 Å². The third kappa shape index (κ3) is 3.24. The zero-order valence-corrected chi connectivity index (χ0v) is 18.1. The molecule has 0 amide bonds. The van der Waals surface area contributed by atoms with Gasteiger partial charge in [0.25, 0.3) is 0 Å². The second kappa shape index (κ2) is 7.00. The highest BCUT2D eigenvalue weighted by Crippen LogP contribution is 2.35. The number of hydrogen-bond acceptors (Lipinski definition) is 3. The number of aryl methyl sites for hydroxylation is 1. The van der Waals surface area contributed by atoms with Gasteiger partial charge in [-0.25, -0.2) is 4.98 Å². The summed E-state index contributed by atoms with van der Waals surface area (Å²) in [5.41, 5.74) is 7.07. The lowest BCUT2D eigenvalue weighted by Crippen LogP contribution is -1.98. The molecule has 5 rings (SSSR count). The molecule has 3 heteroatoms. The average molecular weight is 400 g/mol. The Bertz CT molecular complexity index is 1340. The highest BCUT2D eigenvalue weighted by atomic mass is 32.1. The van der Waals surface area contributed by atoms with Gasteiger partial charge in [-0.1, -0.05) is 51.1 Å². The summed E-state index contributed by atoms with van der Waals surface area (Å²) in [6.07, 6.45) is 0.947. The molecule has 0 bridgehead atoms.